The molecule has 0 aromatic rings. The topological polar surface area (TPSA) is 64.5 Å². The van der Waals surface area contributed by atoms with Gasteiger partial charge in [-0.25, -0.2) is 0 Å². The highest BCUT2D eigenvalue weighted by Gasteiger charge is 2.51. The lowest BCUT2D eigenvalue weighted by Crippen LogP contribution is -2.73. The predicted octanol–water partition coefficient (Wildman–Crippen LogP) is 2.17. The van der Waals surface area contributed by atoms with E-state index in [0.717, 1.165) is 6.42 Å². The number of nitrogens with two attached hydrogens (primary N) is 2. The number of rotatable bonds is 2. The maximum Gasteiger partial charge on any atom is 0.0793 e. The molecule has 4 heteroatoms. The molecule has 0 amide bonds. The number of hydrogen-bond donors (Lipinski definition) is 2. The van der Waals surface area contributed by atoms with E-state index in [-0.39, 0.29) is 23.2 Å². The van der Waals surface area contributed by atoms with Crippen LogP contribution in [0, 0.1) is 0 Å². The van der Waals surface area contributed by atoms with E-state index in [1.807, 2.05) is 0 Å². The summed E-state index contributed by atoms with van der Waals surface area (Å²) < 4.78 is 0. The highest BCUT2D eigenvalue weighted by Crippen LogP contribution is 2.39. The molecular weight excluding hydrogens is 238 g/mol. The number of nitrogens with zero attached hydrogens (tertiary/aromatic N) is 1. The van der Waals surface area contributed by atoms with Crippen LogP contribution in [0.2, 0.25) is 0 Å². The van der Waals surface area contributed by atoms with Gasteiger partial charge in [0.1, 0.15) is 0 Å². The molecule has 0 bridgehead atoms. The van der Waals surface area contributed by atoms with Crippen molar-refractivity contribution in [1.82, 2.24) is 5.06 Å². The molecule has 1 saturated carbocycles. The average molecular weight is 269 g/mol. The summed E-state index contributed by atoms with van der Waals surface area (Å²) in [6.07, 6.45) is 7.49. The number of piperidine rings is 1. The second-order valence-electron chi connectivity index (χ2n) is 7.52. The smallest absolute Gasteiger partial charge is 0.0793 e. The zero-order valence-corrected chi connectivity index (χ0v) is 13.0. The van der Waals surface area contributed by atoms with E-state index in [1.54, 1.807) is 0 Å². The summed E-state index contributed by atoms with van der Waals surface area (Å²) in [4.78, 5) is 6.38. The van der Waals surface area contributed by atoms with Gasteiger partial charge in [0, 0.05) is 17.6 Å². The van der Waals surface area contributed by atoms with Gasteiger partial charge in [0.25, 0.3) is 0 Å². The maximum atomic E-state index is 6.38. The van der Waals surface area contributed by atoms with Gasteiger partial charge in [0.05, 0.1) is 11.6 Å². The van der Waals surface area contributed by atoms with Crippen LogP contribution < -0.4 is 11.5 Å². The van der Waals surface area contributed by atoms with Crippen LogP contribution in [-0.2, 0) is 4.84 Å². The monoisotopic (exact) mass is 269 g/mol. The SMILES string of the molecule is CC1(C)CC(N)C(N)C(C)(C)N1OC1CCCCC1. The fraction of sp³-hybridized carbons (Fsp3) is 1.00. The van der Waals surface area contributed by atoms with E-state index in [1.165, 1.54) is 32.1 Å². The highest BCUT2D eigenvalue weighted by molar-refractivity contribution is 5.06. The van der Waals surface area contributed by atoms with E-state index in [4.69, 9.17) is 16.3 Å². The third-order valence-corrected chi connectivity index (χ3v) is 4.89. The minimum Gasteiger partial charge on any atom is -0.326 e. The van der Waals surface area contributed by atoms with E-state index in [9.17, 15) is 0 Å². The molecule has 1 aliphatic carbocycles. The normalized spacial score (nSPS) is 36.3. The average Bonchev–Trinajstić information content (AvgIpc) is 2.34. The molecule has 2 fully saturated rings. The molecule has 4 N–H and O–H groups in total. The van der Waals surface area contributed by atoms with Gasteiger partial charge in [-0.1, -0.05) is 19.3 Å². The lowest BCUT2D eigenvalue weighted by atomic mass is 9.76. The largest absolute Gasteiger partial charge is 0.326 e. The molecule has 0 spiro atoms. The van der Waals surface area contributed by atoms with Crippen molar-refractivity contribution in [2.45, 2.75) is 95.5 Å². The summed E-state index contributed by atoms with van der Waals surface area (Å²) in [7, 11) is 0. The molecule has 2 aliphatic rings. The fourth-order valence-corrected chi connectivity index (χ4v) is 3.82. The first kappa shape index (κ1) is 15.2. The molecule has 0 aromatic carbocycles. The Morgan fingerprint density at radius 2 is 1.58 bits per heavy atom. The Bertz CT molecular complexity index is 311. The molecule has 0 aromatic heterocycles. The third kappa shape index (κ3) is 2.97. The summed E-state index contributed by atoms with van der Waals surface area (Å²) in [6, 6.07) is -0.0136. The summed E-state index contributed by atoms with van der Waals surface area (Å²) >= 11 is 0. The minimum atomic E-state index is -0.224. The van der Waals surface area contributed by atoms with E-state index in [2.05, 4.69) is 32.8 Å². The van der Waals surface area contributed by atoms with Crippen molar-refractivity contribution < 1.29 is 4.84 Å². The molecule has 2 atom stereocenters. The molecule has 2 unspecified atom stereocenters. The molecular formula is C15H31N3O. The lowest BCUT2D eigenvalue weighted by molar-refractivity contribution is -0.313. The Labute approximate surface area is 117 Å². The van der Waals surface area contributed by atoms with Crippen molar-refractivity contribution in [3.63, 3.8) is 0 Å². The van der Waals surface area contributed by atoms with Crippen LogP contribution in [0.1, 0.15) is 66.2 Å². The Hall–Kier alpha value is -0.160. The zero-order valence-electron chi connectivity index (χ0n) is 13.0. The van der Waals surface area contributed by atoms with Gasteiger partial charge in [0.2, 0.25) is 0 Å². The highest BCUT2D eigenvalue weighted by atomic mass is 16.7. The second-order valence-corrected chi connectivity index (χ2v) is 7.52. The number of hydrogen-bond acceptors (Lipinski definition) is 4. The third-order valence-electron chi connectivity index (χ3n) is 4.89. The Morgan fingerprint density at radius 3 is 2.16 bits per heavy atom. The zero-order chi connectivity index (χ0) is 14.3. The number of hydroxylamine groups is 2. The van der Waals surface area contributed by atoms with E-state index < -0.39 is 0 Å². The van der Waals surface area contributed by atoms with E-state index >= 15 is 0 Å². The predicted molar refractivity (Wildman–Crippen MR) is 78.5 cm³/mol. The van der Waals surface area contributed by atoms with Gasteiger partial charge in [-0.15, -0.1) is 0 Å². The standard InChI is InChI=1S/C15H31N3O/c1-14(2)10-12(16)13(17)15(3,4)18(14)19-11-8-6-5-7-9-11/h11-13H,5-10,16-17H2,1-4H3. The van der Waals surface area contributed by atoms with Crippen molar-refractivity contribution in [3.05, 3.63) is 0 Å². The minimum absolute atomic E-state index is 0.0382. The van der Waals surface area contributed by atoms with Gasteiger partial charge in [-0.05, 0) is 47.0 Å². The molecule has 0 radical (unpaired) electrons. The van der Waals surface area contributed by atoms with Crippen molar-refractivity contribution in [1.29, 1.82) is 0 Å². The quantitative estimate of drug-likeness (QED) is 0.806. The van der Waals surface area contributed by atoms with Crippen LogP contribution >= 0.6 is 0 Å². The van der Waals surface area contributed by atoms with Crippen LogP contribution in [0.3, 0.4) is 0 Å². The first-order valence-electron chi connectivity index (χ1n) is 7.73. The molecule has 1 aliphatic heterocycles. The summed E-state index contributed by atoms with van der Waals surface area (Å²) in [6.45, 7) is 8.73. The van der Waals surface area contributed by atoms with Gasteiger partial charge in [0.15, 0.2) is 0 Å². The molecule has 112 valence electrons. The summed E-state index contributed by atoms with van der Waals surface area (Å²) in [5.41, 5.74) is 12.3. The van der Waals surface area contributed by atoms with Crippen LogP contribution in [0.15, 0.2) is 0 Å². The van der Waals surface area contributed by atoms with Crippen molar-refractivity contribution in [3.8, 4) is 0 Å². The molecule has 4 nitrogen and oxygen atoms in total. The van der Waals surface area contributed by atoms with Gasteiger partial charge in [-0.2, -0.15) is 5.06 Å². The van der Waals surface area contributed by atoms with Crippen LogP contribution in [-0.4, -0.2) is 34.3 Å². The van der Waals surface area contributed by atoms with Gasteiger partial charge >= 0.3 is 0 Å². The Morgan fingerprint density at radius 1 is 1.00 bits per heavy atom. The molecule has 19 heavy (non-hydrogen) atoms. The second kappa shape index (κ2) is 5.32. The van der Waals surface area contributed by atoms with Gasteiger partial charge < -0.3 is 11.5 Å². The van der Waals surface area contributed by atoms with Crippen LogP contribution in [0.25, 0.3) is 0 Å². The molecule has 1 saturated heterocycles. The van der Waals surface area contributed by atoms with Crippen molar-refractivity contribution in [2.75, 3.05) is 0 Å². The van der Waals surface area contributed by atoms with Crippen LogP contribution in [0.5, 0.6) is 0 Å². The summed E-state index contributed by atoms with van der Waals surface area (Å²) in [5.74, 6) is 0. The van der Waals surface area contributed by atoms with Crippen LogP contribution in [0.4, 0.5) is 0 Å². The Kier molecular flexibility index (Phi) is 4.26. The first-order valence-corrected chi connectivity index (χ1v) is 7.73. The lowest BCUT2D eigenvalue weighted by Gasteiger charge is -2.57. The van der Waals surface area contributed by atoms with E-state index in [0.29, 0.717) is 6.10 Å². The molecule has 2 rings (SSSR count). The van der Waals surface area contributed by atoms with Gasteiger partial charge in [-0.3, -0.25) is 4.84 Å². The maximum absolute atomic E-state index is 6.38. The van der Waals surface area contributed by atoms with Crippen molar-refractivity contribution in [2.24, 2.45) is 11.5 Å². The summed E-state index contributed by atoms with van der Waals surface area (Å²) in [5, 5.41) is 2.16. The fourth-order valence-electron chi connectivity index (χ4n) is 3.82. The van der Waals surface area contributed by atoms with Crippen molar-refractivity contribution >= 4 is 0 Å². The molecule has 1 heterocycles. The Balaban J connectivity index is 2.14. The first-order chi connectivity index (χ1) is 8.75.